The van der Waals surface area contributed by atoms with Gasteiger partial charge in [-0.2, -0.15) is 0 Å². The minimum atomic E-state index is -0.744. The Labute approximate surface area is 81.1 Å². The second-order valence-corrected chi connectivity index (χ2v) is 2.78. The van der Waals surface area contributed by atoms with E-state index in [-0.39, 0.29) is 17.9 Å². The molecule has 0 saturated heterocycles. The van der Waals surface area contributed by atoms with Crippen LogP contribution in [0.25, 0.3) is 0 Å². The summed E-state index contributed by atoms with van der Waals surface area (Å²) in [6.07, 6.45) is 0. The van der Waals surface area contributed by atoms with Crippen molar-refractivity contribution in [2.45, 2.75) is 13.0 Å². The van der Waals surface area contributed by atoms with Gasteiger partial charge < -0.3 is 11.1 Å². The summed E-state index contributed by atoms with van der Waals surface area (Å²) in [4.78, 5) is 25.7. The molecule has 0 radical (unpaired) electrons. The number of nitrogens with one attached hydrogen (secondary N) is 3. The van der Waals surface area contributed by atoms with E-state index >= 15 is 0 Å². The molecule has 1 aliphatic rings. The molecule has 1 unspecified atom stereocenters. The van der Waals surface area contributed by atoms with Gasteiger partial charge in [-0.25, -0.2) is 4.79 Å². The highest BCUT2D eigenvalue weighted by molar-refractivity contribution is 6.06. The number of primary amides is 1. The first-order valence-electron chi connectivity index (χ1n) is 4.28. The first kappa shape index (κ1) is 10.5. The summed E-state index contributed by atoms with van der Waals surface area (Å²) in [5, 5.41) is 7.57. The van der Waals surface area contributed by atoms with Crippen molar-refractivity contribution < 1.29 is 9.59 Å². The van der Waals surface area contributed by atoms with Crippen molar-refractivity contribution >= 4 is 17.9 Å². The van der Waals surface area contributed by atoms with Gasteiger partial charge in [0.25, 0.3) is 0 Å². The molecule has 14 heavy (non-hydrogen) atoms. The molecule has 7 heteroatoms. The van der Waals surface area contributed by atoms with E-state index in [1.54, 1.807) is 0 Å². The molecule has 7 nitrogen and oxygen atoms in total. The third-order valence-electron chi connectivity index (χ3n) is 1.68. The second kappa shape index (κ2) is 4.56. The second-order valence-electron chi connectivity index (χ2n) is 2.78. The van der Waals surface area contributed by atoms with Crippen molar-refractivity contribution in [2.75, 3.05) is 13.1 Å². The van der Waals surface area contributed by atoms with Crippen LogP contribution in [0.5, 0.6) is 0 Å². The summed E-state index contributed by atoms with van der Waals surface area (Å²) >= 11 is 0. The number of likely N-dealkylation sites (N-methyl/N-ethyl adjacent to an activating group) is 1. The standard InChI is InChI=1S/C7H13N5O2/c1-2-9-4-3-10-7(11-5(4)13)12-6(8)14/h4,9H,2-3H2,1H3,(H4,8,10,11,12,13,14). The fourth-order valence-electron chi connectivity index (χ4n) is 1.10. The Balaban J connectivity index is 2.53. The molecule has 0 aromatic heterocycles. The average molecular weight is 199 g/mol. The zero-order valence-corrected chi connectivity index (χ0v) is 7.83. The molecule has 0 fully saturated rings. The van der Waals surface area contributed by atoms with Gasteiger partial charge in [-0.3, -0.25) is 20.4 Å². The first-order chi connectivity index (χ1) is 6.63. The number of nitrogens with two attached hydrogens (primary N) is 1. The number of hydrogen-bond acceptors (Lipinski definition) is 4. The zero-order chi connectivity index (χ0) is 10.6. The molecule has 0 saturated carbocycles. The van der Waals surface area contributed by atoms with Gasteiger partial charge in [0.2, 0.25) is 11.9 Å². The highest BCUT2D eigenvalue weighted by Gasteiger charge is 2.23. The van der Waals surface area contributed by atoms with Crippen molar-refractivity contribution in [3.8, 4) is 0 Å². The molecular formula is C7H13N5O2. The minimum absolute atomic E-state index is 0.108. The Hall–Kier alpha value is -1.63. The lowest BCUT2D eigenvalue weighted by Crippen LogP contribution is -2.56. The summed E-state index contributed by atoms with van der Waals surface area (Å²) in [6, 6.07) is -1.08. The van der Waals surface area contributed by atoms with Gasteiger partial charge in [-0.15, -0.1) is 0 Å². The zero-order valence-electron chi connectivity index (χ0n) is 7.83. The van der Waals surface area contributed by atoms with E-state index < -0.39 is 6.03 Å². The molecule has 1 atom stereocenters. The fraction of sp³-hybridized carbons (Fsp3) is 0.571. The van der Waals surface area contributed by atoms with Crippen LogP contribution < -0.4 is 21.7 Å². The molecular weight excluding hydrogens is 186 g/mol. The Bertz CT molecular complexity index is 275. The number of amides is 3. The lowest BCUT2D eigenvalue weighted by molar-refractivity contribution is -0.121. The van der Waals surface area contributed by atoms with Gasteiger partial charge in [0.15, 0.2) is 0 Å². The Morgan fingerprint density at radius 1 is 1.79 bits per heavy atom. The van der Waals surface area contributed by atoms with Crippen LogP contribution in [0, 0.1) is 0 Å². The van der Waals surface area contributed by atoms with E-state index in [2.05, 4.69) is 20.9 Å². The van der Waals surface area contributed by atoms with Crippen LogP contribution in [0.15, 0.2) is 4.99 Å². The molecule has 0 aromatic carbocycles. The summed E-state index contributed by atoms with van der Waals surface area (Å²) in [6.45, 7) is 2.88. The van der Waals surface area contributed by atoms with Crippen LogP contribution in [0.3, 0.4) is 0 Å². The Morgan fingerprint density at radius 2 is 2.50 bits per heavy atom. The number of carbonyl (C=O) groups excluding carboxylic acids is 2. The summed E-state index contributed by atoms with van der Waals surface area (Å²) in [5.74, 6) is -0.109. The lowest BCUT2D eigenvalue weighted by Gasteiger charge is -2.21. The molecule has 1 heterocycles. The van der Waals surface area contributed by atoms with Crippen LogP contribution in [-0.2, 0) is 4.79 Å². The van der Waals surface area contributed by atoms with E-state index in [9.17, 15) is 9.59 Å². The fourth-order valence-corrected chi connectivity index (χ4v) is 1.10. The molecule has 1 aliphatic heterocycles. The van der Waals surface area contributed by atoms with Crippen molar-refractivity contribution in [3.05, 3.63) is 0 Å². The van der Waals surface area contributed by atoms with Crippen LogP contribution in [-0.4, -0.2) is 37.0 Å². The predicted octanol–water partition coefficient (Wildman–Crippen LogP) is -1.88. The molecule has 78 valence electrons. The van der Waals surface area contributed by atoms with Gasteiger partial charge in [0.05, 0.1) is 6.54 Å². The quantitative estimate of drug-likeness (QED) is 0.418. The Morgan fingerprint density at radius 3 is 3.00 bits per heavy atom. The predicted molar refractivity (Wildman–Crippen MR) is 50.6 cm³/mol. The summed E-state index contributed by atoms with van der Waals surface area (Å²) in [7, 11) is 0. The average Bonchev–Trinajstić information content (AvgIpc) is 2.09. The van der Waals surface area contributed by atoms with Gasteiger partial charge >= 0.3 is 6.03 Å². The number of aliphatic imine (C=N–C) groups is 1. The minimum Gasteiger partial charge on any atom is -0.351 e. The smallest absolute Gasteiger partial charge is 0.318 e. The van der Waals surface area contributed by atoms with E-state index in [0.29, 0.717) is 13.1 Å². The topological polar surface area (TPSA) is 109 Å². The number of urea groups is 1. The highest BCUT2D eigenvalue weighted by Crippen LogP contribution is 1.92. The van der Waals surface area contributed by atoms with Crippen LogP contribution in [0.2, 0.25) is 0 Å². The number of rotatable bonds is 2. The Kier molecular flexibility index (Phi) is 3.41. The first-order valence-corrected chi connectivity index (χ1v) is 4.28. The maximum Gasteiger partial charge on any atom is 0.318 e. The molecule has 0 aromatic rings. The maximum absolute atomic E-state index is 11.3. The van der Waals surface area contributed by atoms with Gasteiger partial charge in [0.1, 0.15) is 6.04 Å². The van der Waals surface area contributed by atoms with Crippen LogP contribution >= 0.6 is 0 Å². The summed E-state index contributed by atoms with van der Waals surface area (Å²) < 4.78 is 0. The molecule has 0 spiro atoms. The van der Waals surface area contributed by atoms with E-state index in [1.165, 1.54) is 0 Å². The SMILES string of the molecule is CCNC1CN=C(NC(N)=O)NC1=O. The third-order valence-corrected chi connectivity index (χ3v) is 1.68. The number of hydrogen-bond donors (Lipinski definition) is 4. The number of carbonyl (C=O) groups is 2. The summed E-state index contributed by atoms with van der Waals surface area (Å²) in [5.41, 5.74) is 4.86. The maximum atomic E-state index is 11.3. The molecule has 5 N–H and O–H groups in total. The van der Waals surface area contributed by atoms with Crippen molar-refractivity contribution in [3.63, 3.8) is 0 Å². The lowest BCUT2D eigenvalue weighted by atomic mass is 10.2. The largest absolute Gasteiger partial charge is 0.351 e. The monoisotopic (exact) mass is 199 g/mol. The molecule has 1 rings (SSSR count). The normalized spacial score (nSPS) is 21.1. The van der Waals surface area contributed by atoms with E-state index in [1.807, 2.05) is 6.92 Å². The molecule has 3 amide bonds. The highest BCUT2D eigenvalue weighted by atomic mass is 16.2. The number of guanidine groups is 1. The van der Waals surface area contributed by atoms with E-state index in [4.69, 9.17) is 5.73 Å². The van der Waals surface area contributed by atoms with Gasteiger partial charge in [0, 0.05) is 0 Å². The van der Waals surface area contributed by atoms with Crippen LogP contribution in [0.4, 0.5) is 4.79 Å². The van der Waals surface area contributed by atoms with Crippen molar-refractivity contribution in [2.24, 2.45) is 10.7 Å². The van der Waals surface area contributed by atoms with Crippen LogP contribution in [0.1, 0.15) is 6.92 Å². The van der Waals surface area contributed by atoms with Crippen molar-refractivity contribution in [1.82, 2.24) is 16.0 Å². The van der Waals surface area contributed by atoms with Crippen molar-refractivity contribution in [1.29, 1.82) is 0 Å². The van der Waals surface area contributed by atoms with Gasteiger partial charge in [-0.05, 0) is 6.54 Å². The molecule has 0 bridgehead atoms. The van der Waals surface area contributed by atoms with Gasteiger partial charge in [-0.1, -0.05) is 6.92 Å². The third kappa shape index (κ3) is 2.70. The number of nitrogens with zero attached hydrogens (tertiary/aromatic N) is 1. The van der Waals surface area contributed by atoms with E-state index in [0.717, 1.165) is 0 Å². The molecule has 0 aliphatic carbocycles.